The number of pyridine rings is 1. The Kier molecular flexibility index (Phi) is 5.79. The molecule has 1 saturated carbocycles. The number of carbonyl (C=O) groups is 1. The summed E-state index contributed by atoms with van der Waals surface area (Å²) in [5.41, 5.74) is 1.70. The summed E-state index contributed by atoms with van der Waals surface area (Å²) in [6.45, 7) is 1.90. The third-order valence-electron chi connectivity index (χ3n) is 4.97. The molecule has 0 saturated heterocycles. The van der Waals surface area contributed by atoms with E-state index in [1.165, 1.54) is 25.9 Å². The summed E-state index contributed by atoms with van der Waals surface area (Å²) < 4.78 is 26.8. The van der Waals surface area contributed by atoms with Gasteiger partial charge in [0, 0.05) is 19.3 Å². The molecule has 3 rings (SSSR count). The van der Waals surface area contributed by atoms with E-state index < -0.39 is 10.0 Å². The van der Waals surface area contributed by atoms with E-state index in [1.807, 2.05) is 6.92 Å². The summed E-state index contributed by atoms with van der Waals surface area (Å²) >= 11 is 0. The second-order valence-corrected chi connectivity index (χ2v) is 9.00. The third-order valence-corrected chi connectivity index (χ3v) is 6.77. The molecule has 1 amide bonds. The minimum atomic E-state index is -3.72. The van der Waals surface area contributed by atoms with Crippen LogP contribution in [0.2, 0.25) is 0 Å². The molecule has 1 fully saturated rings. The largest absolute Gasteiger partial charge is 0.349 e. The van der Waals surface area contributed by atoms with Gasteiger partial charge in [-0.3, -0.25) is 14.1 Å². The van der Waals surface area contributed by atoms with Gasteiger partial charge in [-0.25, -0.2) is 8.42 Å². The number of nitrogens with zero attached hydrogens (tertiary/aromatic N) is 2. The highest BCUT2D eigenvalue weighted by Gasteiger charge is 2.23. The molecular formula is C20H25N3O3S. The molecule has 6 nitrogen and oxygen atoms in total. The minimum Gasteiger partial charge on any atom is -0.349 e. The SMILES string of the molecule is Cc1ccc(S(=O)(=O)N(C)c2cncc(C(=O)NC3CCCCC3)c2)cc1. The number of aryl methyl sites for hydroxylation is 1. The lowest BCUT2D eigenvalue weighted by Gasteiger charge is -2.23. The fourth-order valence-electron chi connectivity index (χ4n) is 3.25. The molecule has 1 heterocycles. The average molecular weight is 388 g/mol. The van der Waals surface area contributed by atoms with Crippen molar-refractivity contribution in [3.05, 3.63) is 53.9 Å². The highest BCUT2D eigenvalue weighted by molar-refractivity contribution is 7.92. The Morgan fingerprint density at radius 3 is 2.44 bits per heavy atom. The lowest BCUT2D eigenvalue weighted by Crippen LogP contribution is -2.36. The number of hydrogen-bond acceptors (Lipinski definition) is 4. The second kappa shape index (κ2) is 8.08. The molecular weight excluding hydrogens is 362 g/mol. The van der Waals surface area contributed by atoms with Crippen molar-refractivity contribution in [3.8, 4) is 0 Å². The third kappa shape index (κ3) is 4.47. The maximum absolute atomic E-state index is 12.8. The van der Waals surface area contributed by atoms with E-state index in [9.17, 15) is 13.2 Å². The number of amides is 1. The van der Waals surface area contributed by atoms with Gasteiger partial charge in [0.2, 0.25) is 0 Å². The van der Waals surface area contributed by atoms with Gasteiger partial charge in [-0.15, -0.1) is 0 Å². The molecule has 27 heavy (non-hydrogen) atoms. The molecule has 144 valence electrons. The van der Waals surface area contributed by atoms with Crippen LogP contribution in [0.15, 0.2) is 47.6 Å². The van der Waals surface area contributed by atoms with Gasteiger partial charge in [-0.2, -0.15) is 0 Å². The van der Waals surface area contributed by atoms with Crippen molar-refractivity contribution < 1.29 is 13.2 Å². The fraction of sp³-hybridized carbons (Fsp3) is 0.400. The van der Waals surface area contributed by atoms with Crippen molar-refractivity contribution in [1.82, 2.24) is 10.3 Å². The first-order valence-corrected chi connectivity index (χ1v) is 10.6. The van der Waals surface area contributed by atoms with Crippen molar-refractivity contribution >= 4 is 21.6 Å². The molecule has 0 radical (unpaired) electrons. The van der Waals surface area contributed by atoms with Crippen LogP contribution in [0.4, 0.5) is 5.69 Å². The molecule has 0 unspecified atom stereocenters. The first-order valence-electron chi connectivity index (χ1n) is 9.19. The van der Waals surface area contributed by atoms with Gasteiger partial charge in [0.05, 0.1) is 22.3 Å². The number of hydrogen-bond donors (Lipinski definition) is 1. The zero-order valence-corrected chi connectivity index (χ0v) is 16.5. The highest BCUT2D eigenvalue weighted by atomic mass is 32.2. The molecule has 0 atom stereocenters. The molecule has 1 N–H and O–H groups in total. The molecule has 0 spiro atoms. The molecule has 1 aromatic carbocycles. The van der Waals surface area contributed by atoms with Crippen LogP contribution in [-0.2, 0) is 10.0 Å². The predicted octanol–water partition coefficient (Wildman–Crippen LogP) is 3.28. The van der Waals surface area contributed by atoms with E-state index >= 15 is 0 Å². The average Bonchev–Trinajstić information content (AvgIpc) is 2.68. The monoisotopic (exact) mass is 387 g/mol. The predicted molar refractivity (Wildman–Crippen MR) is 105 cm³/mol. The number of nitrogens with one attached hydrogen (secondary N) is 1. The summed E-state index contributed by atoms with van der Waals surface area (Å²) in [5.74, 6) is -0.211. The molecule has 0 aliphatic heterocycles. The first-order chi connectivity index (χ1) is 12.9. The van der Waals surface area contributed by atoms with E-state index in [0.29, 0.717) is 11.3 Å². The summed E-state index contributed by atoms with van der Waals surface area (Å²) in [5, 5.41) is 3.03. The molecule has 1 aromatic heterocycles. The van der Waals surface area contributed by atoms with Crippen molar-refractivity contribution in [2.24, 2.45) is 0 Å². The van der Waals surface area contributed by atoms with E-state index in [-0.39, 0.29) is 16.8 Å². The maximum Gasteiger partial charge on any atom is 0.264 e. The van der Waals surface area contributed by atoms with Gasteiger partial charge in [0.25, 0.3) is 15.9 Å². The Morgan fingerprint density at radius 2 is 1.78 bits per heavy atom. The number of rotatable bonds is 5. The molecule has 7 heteroatoms. The van der Waals surface area contributed by atoms with Crippen LogP contribution < -0.4 is 9.62 Å². The van der Waals surface area contributed by atoms with E-state index in [0.717, 1.165) is 35.6 Å². The summed E-state index contributed by atoms with van der Waals surface area (Å²) in [6, 6.07) is 8.42. The van der Waals surface area contributed by atoms with Crippen molar-refractivity contribution in [1.29, 1.82) is 0 Å². The first kappa shape index (κ1) is 19.4. The zero-order chi connectivity index (χ0) is 19.4. The number of benzene rings is 1. The minimum absolute atomic E-state index is 0.184. The summed E-state index contributed by atoms with van der Waals surface area (Å²) in [4.78, 5) is 16.8. The molecule has 1 aliphatic carbocycles. The van der Waals surface area contributed by atoms with Gasteiger partial charge >= 0.3 is 0 Å². The lowest BCUT2D eigenvalue weighted by atomic mass is 9.95. The standard InChI is InChI=1S/C20H25N3O3S/c1-15-8-10-19(11-9-15)27(25,26)23(2)18-12-16(13-21-14-18)20(24)22-17-6-4-3-5-7-17/h8-14,17H,3-7H2,1-2H3,(H,22,24). The summed E-state index contributed by atoms with van der Waals surface area (Å²) in [7, 11) is -2.25. The second-order valence-electron chi connectivity index (χ2n) is 7.03. The van der Waals surface area contributed by atoms with Gasteiger partial charge in [0.1, 0.15) is 0 Å². The Labute approximate surface area is 160 Å². The smallest absolute Gasteiger partial charge is 0.264 e. The molecule has 0 bridgehead atoms. The number of anilines is 1. The van der Waals surface area contributed by atoms with Gasteiger partial charge in [-0.1, -0.05) is 37.0 Å². The van der Waals surface area contributed by atoms with Crippen LogP contribution in [0.25, 0.3) is 0 Å². The Morgan fingerprint density at radius 1 is 1.11 bits per heavy atom. The Bertz CT molecular complexity index is 904. The van der Waals surface area contributed by atoms with Crippen LogP contribution in [0, 0.1) is 6.92 Å². The van der Waals surface area contributed by atoms with Crippen LogP contribution in [-0.4, -0.2) is 32.4 Å². The topological polar surface area (TPSA) is 79.4 Å². The van der Waals surface area contributed by atoms with E-state index in [1.54, 1.807) is 30.3 Å². The fourth-order valence-corrected chi connectivity index (χ4v) is 4.42. The quantitative estimate of drug-likeness (QED) is 0.854. The van der Waals surface area contributed by atoms with Crippen LogP contribution in [0.5, 0.6) is 0 Å². The maximum atomic E-state index is 12.8. The Hall–Kier alpha value is -2.41. The van der Waals surface area contributed by atoms with Crippen LogP contribution in [0.3, 0.4) is 0 Å². The van der Waals surface area contributed by atoms with Gasteiger partial charge in [-0.05, 0) is 38.0 Å². The van der Waals surface area contributed by atoms with E-state index in [2.05, 4.69) is 10.3 Å². The zero-order valence-electron chi connectivity index (χ0n) is 15.7. The highest BCUT2D eigenvalue weighted by Crippen LogP contribution is 2.23. The molecule has 2 aromatic rings. The lowest BCUT2D eigenvalue weighted by molar-refractivity contribution is 0.0927. The normalized spacial score (nSPS) is 15.3. The number of carbonyl (C=O) groups excluding carboxylic acids is 1. The number of aromatic nitrogens is 1. The van der Waals surface area contributed by atoms with Crippen molar-refractivity contribution in [2.45, 2.75) is 50.0 Å². The Balaban J connectivity index is 1.79. The van der Waals surface area contributed by atoms with Gasteiger partial charge < -0.3 is 5.32 Å². The van der Waals surface area contributed by atoms with Gasteiger partial charge in [0.15, 0.2) is 0 Å². The molecule has 1 aliphatic rings. The van der Waals surface area contributed by atoms with Crippen molar-refractivity contribution in [2.75, 3.05) is 11.4 Å². The van der Waals surface area contributed by atoms with E-state index in [4.69, 9.17) is 0 Å². The number of sulfonamides is 1. The van der Waals surface area contributed by atoms with Crippen LogP contribution in [0.1, 0.15) is 48.0 Å². The van der Waals surface area contributed by atoms with Crippen molar-refractivity contribution in [3.63, 3.8) is 0 Å². The van der Waals surface area contributed by atoms with Crippen LogP contribution >= 0.6 is 0 Å². The summed E-state index contributed by atoms with van der Waals surface area (Å²) in [6.07, 6.45) is 8.35.